The van der Waals surface area contributed by atoms with Crippen molar-refractivity contribution in [2.75, 3.05) is 13.1 Å². The van der Waals surface area contributed by atoms with Crippen LogP contribution < -0.4 is 21.5 Å². The first kappa shape index (κ1) is 26.6. The highest BCUT2D eigenvalue weighted by Gasteiger charge is 2.18. The van der Waals surface area contributed by atoms with Gasteiger partial charge in [0.1, 0.15) is 0 Å². The van der Waals surface area contributed by atoms with Crippen LogP contribution in [0.15, 0.2) is 82.4 Å². The van der Waals surface area contributed by atoms with Gasteiger partial charge in [0.15, 0.2) is 10.9 Å². The second-order valence-corrected chi connectivity index (χ2v) is 10.4. The van der Waals surface area contributed by atoms with E-state index in [1.165, 1.54) is 12.1 Å². The van der Waals surface area contributed by atoms with E-state index in [2.05, 4.69) is 20.6 Å². The van der Waals surface area contributed by atoms with E-state index in [0.29, 0.717) is 50.4 Å². The topological polar surface area (TPSA) is 124 Å². The van der Waals surface area contributed by atoms with Crippen LogP contribution in [-0.4, -0.2) is 34.9 Å². The maximum absolute atomic E-state index is 13.0. The van der Waals surface area contributed by atoms with Crippen molar-refractivity contribution < 1.29 is 9.59 Å². The highest BCUT2D eigenvalue weighted by atomic mass is 35.5. The first-order chi connectivity index (χ1) is 19.8. The summed E-state index contributed by atoms with van der Waals surface area (Å²) in [5, 5.41) is 7.68. The van der Waals surface area contributed by atoms with E-state index in [-0.39, 0.29) is 56.6 Å². The minimum absolute atomic E-state index is 0.249. The van der Waals surface area contributed by atoms with Gasteiger partial charge in [-0.2, -0.15) is 0 Å². The normalized spacial score (nSPS) is 11.4. The molecule has 4 N–H and O–H groups in total. The van der Waals surface area contributed by atoms with Gasteiger partial charge < -0.3 is 20.6 Å². The molecule has 2 amide bonds. The second-order valence-electron chi connectivity index (χ2n) is 9.55. The number of pyridine rings is 2. The minimum atomic E-state index is -0.378. The Bertz CT molecular complexity index is 2000. The van der Waals surface area contributed by atoms with Crippen LogP contribution in [0.2, 0.25) is 10.0 Å². The fourth-order valence-corrected chi connectivity index (χ4v) is 5.52. The SMILES string of the molecule is O=C(NCCCNC(=O)c1ccc(Cl)c2c(=O)c3ccccc3[nH]c12)c1ccc(Cl)c2c(=O)c3ccccc3[nH]c12. The highest BCUT2D eigenvalue weighted by Crippen LogP contribution is 2.26. The number of H-pyrrole nitrogens is 2. The number of aromatic amines is 2. The Morgan fingerprint density at radius 2 is 1.02 bits per heavy atom. The summed E-state index contributed by atoms with van der Waals surface area (Å²) >= 11 is 12.7. The molecule has 0 saturated carbocycles. The maximum Gasteiger partial charge on any atom is 0.253 e. The molecule has 0 fully saturated rings. The van der Waals surface area contributed by atoms with Gasteiger partial charge in [-0.1, -0.05) is 47.5 Å². The third-order valence-electron chi connectivity index (χ3n) is 7.04. The number of carbonyl (C=O) groups is 2. The van der Waals surface area contributed by atoms with Gasteiger partial charge in [-0.25, -0.2) is 0 Å². The lowest BCUT2D eigenvalue weighted by molar-refractivity contribution is 0.0953. The number of aromatic nitrogens is 2. The zero-order chi connectivity index (χ0) is 28.7. The number of carbonyl (C=O) groups excluding carboxylic acids is 2. The molecule has 6 aromatic rings. The van der Waals surface area contributed by atoms with Gasteiger partial charge >= 0.3 is 0 Å². The number of halogens is 2. The van der Waals surface area contributed by atoms with Crippen LogP contribution in [-0.2, 0) is 0 Å². The molecule has 0 saturated heterocycles. The maximum atomic E-state index is 13.0. The quantitative estimate of drug-likeness (QED) is 0.152. The molecule has 0 unspecified atom stereocenters. The molecular formula is C31H22Cl2N4O4. The summed E-state index contributed by atoms with van der Waals surface area (Å²) in [6.45, 7) is 0.535. The summed E-state index contributed by atoms with van der Waals surface area (Å²) in [7, 11) is 0. The number of nitrogens with one attached hydrogen (secondary N) is 4. The Morgan fingerprint density at radius 1 is 0.610 bits per heavy atom. The van der Waals surface area contributed by atoms with E-state index in [9.17, 15) is 19.2 Å². The molecule has 0 bridgehead atoms. The van der Waals surface area contributed by atoms with Crippen LogP contribution in [0.4, 0.5) is 0 Å². The lowest BCUT2D eigenvalue weighted by atomic mass is 10.1. The van der Waals surface area contributed by atoms with Crippen LogP contribution in [0.25, 0.3) is 43.6 Å². The number of hydrogen-bond donors (Lipinski definition) is 4. The van der Waals surface area contributed by atoms with Gasteiger partial charge in [-0.15, -0.1) is 0 Å². The molecule has 0 aliphatic carbocycles. The number of benzene rings is 4. The van der Waals surface area contributed by atoms with Gasteiger partial charge in [-0.3, -0.25) is 19.2 Å². The van der Waals surface area contributed by atoms with Crippen molar-refractivity contribution >= 4 is 78.6 Å². The average molecular weight is 585 g/mol. The molecule has 6 rings (SSSR count). The molecule has 4 aromatic carbocycles. The monoisotopic (exact) mass is 584 g/mol. The number of amides is 2. The first-order valence-corrected chi connectivity index (χ1v) is 13.6. The zero-order valence-corrected chi connectivity index (χ0v) is 23.0. The van der Waals surface area contributed by atoms with Gasteiger partial charge in [0, 0.05) is 34.9 Å². The van der Waals surface area contributed by atoms with E-state index in [4.69, 9.17) is 23.2 Å². The smallest absolute Gasteiger partial charge is 0.253 e. The number of para-hydroxylation sites is 2. The van der Waals surface area contributed by atoms with Crippen LogP contribution in [0.3, 0.4) is 0 Å². The lowest BCUT2D eigenvalue weighted by Gasteiger charge is -2.12. The fourth-order valence-electron chi connectivity index (χ4n) is 5.04. The minimum Gasteiger partial charge on any atom is -0.354 e. The summed E-state index contributed by atoms with van der Waals surface area (Å²) < 4.78 is 0. The van der Waals surface area contributed by atoms with Crippen molar-refractivity contribution in [3.8, 4) is 0 Å². The van der Waals surface area contributed by atoms with Crippen molar-refractivity contribution in [2.45, 2.75) is 6.42 Å². The summed E-state index contributed by atoms with van der Waals surface area (Å²) in [6, 6.07) is 20.3. The van der Waals surface area contributed by atoms with Crippen molar-refractivity contribution in [3.63, 3.8) is 0 Å². The van der Waals surface area contributed by atoms with Crippen molar-refractivity contribution in [1.82, 2.24) is 20.6 Å². The number of fused-ring (bicyclic) bond motifs is 4. The molecule has 41 heavy (non-hydrogen) atoms. The molecular weight excluding hydrogens is 563 g/mol. The van der Waals surface area contributed by atoms with Crippen molar-refractivity contribution in [1.29, 1.82) is 0 Å². The number of hydrogen-bond acceptors (Lipinski definition) is 4. The van der Waals surface area contributed by atoms with E-state index >= 15 is 0 Å². The largest absolute Gasteiger partial charge is 0.354 e. The van der Waals surface area contributed by atoms with Crippen LogP contribution in [0, 0.1) is 0 Å². The van der Waals surface area contributed by atoms with Gasteiger partial charge in [0.2, 0.25) is 0 Å². The summed E-state index contributed by atoms with van der Waals surface area (Å²) in [5.74, 6) is -0.755. The summed E-state index contributed by atoms with van der Waals surface area (Å²) in [6.07, 6.45) is 0.438. The Hall–Kier alpha value is -4.66. The van der Waals surface area contributed by atoms with Gasteiger partial charge in [-0.05, 0) is 55.0 Å². The van der Waals surface area contributed by atoms with Crippen LogP contribution in [0.5, 0.6) is 0 Å². The third kappa shape index (κ3) is 4.71. The first-order valence-electron chi connectivity index (χ1n) is 12.9. The van der Waals surface area contributed by atoms with E-state index in [1.54, 1.807) is 60.7 Å². The van der Waals surface area contributed by atoms with Gasteiger partial charge in [0.05, 0.1) is 43.0 Å². The third-order valence-corrected chi connectivity index (χ3v) is 7.67. The molecule has 8 nitrogen and oxygen atoms in total. The Morgan fingerprint density at radius 3 is 1.46 bits per heavy atom. The van der Waals surface area contributed by atoms with Crippen LogP contribution >= 0.6 is 23.2 Å². The molecule has 0 spiro atoms. The second kappa shape index (κ2) is 10.7. The Balaban J connectivity index is 1.16. The molecule has 0 atom stereocenters. The van der Waals surface area contributed by atoms with E-state index in [0.717, 1.165) is 0 Å². The van der Waals surface area contributed by atoms with Crippen molar-refractivity contribution in [3.05, 3.63) is 114 Å². The van der Waals surface area contributed by atoms with E-state index in [1.807, 2.05) is 0 Å². The fraction of sp³-hybridized carbons (Fsp3) is 0.0968. The Kier molecular flexibility index (Phi) is 6.95. The highest BCUT2D eigenvalue weighted by molar-refractivity contribution is 6.36. The van der Waals surface area contributed by atoms with Crippen molar-refractivity contribution in [2.24, 2.45) is 0 Å². The summed E-state index contributed by atoms with van der Waals surface area (Å²) in [5.41, 5.74) is 2.02. The molecule has 204 valence electrons. The number of rotatable bonds is 6. The lowest BCUT2D eigenvalue weighted by Crippen LogP contribution is -2.30. The predicted molar refractivity (Wildman–Crippen MR) is 163 cm³/mol. The van der Waals surface area contributed by atoms with Gasteiger partial charge in [0.25, 0.3) is 11.8 Å². The molecule has 2 aromatic heterocycles. The molecule has 0 aliphatic heterocycles. The predicted octanol–water partition coefficient (Wildman–Crippen LogP) is 5.53. The molecule has 2 heterocycles. The Labute approximate surface area is 242 Å². The molecule has 10 heteroatoms. The van der Waals surface area contributed by atoms with E-state index < -0.39 is 0 Å². The molecule has 0 aliphatic rings. The molecule has 0 radical (unpaired) electrons. The standard InChI is InChI=1S/C31H22Cl2N4O4/c32-20-12-10-18(26-24(20)28(38)16-6-1-3-8-22(16)36-26)30(40)34-14-5-15-35-31(41)19-11-13-21(33)25-27(19)37-23-9-4-2-7-17(23)29(25)39/h1-4,6-13H,5,14-15H2,(H,34,40)(H,35,41)(H,36,38)(H,37,39). The summed E-state index contributed by atoms with van der Waals surface area (Å²) in [4.78, 5) is 58.5. The zero-order valence-electron chi connectivity index (χ0n) is 21.4. The van der Waals surface area contributed by atoms with Crippen LogP contribution in [0.1, 0.15) is 27.1 Å². The average Bonchev–Trinajstić information content (AvgIpc) is 2.97.